The second kappa shape index (κ2) is 8.65. The van der Waals surface area contributed by atoms with Gasteiger partial charge in [0.15, 0.2) is 0 Å². The van der Waals surface area contributed by atoms with Gasteiger partial charge in [-0.1, -0.05) is 32.0 Å². The molecular formula is C22H28N2O4S. The Balaban J connectivity index is 1.77. The Kier molecular flexibility index (Phi) is 6.41. The first kappa shape index (κ1) is 21.5. The zero-order valence-electron chi connectivity index (χ0n) is 17.3. The predicted octanol–water partition coefficient (Wildman–Crippen LogP) is 3.86. The molecule has 2 unspecified atom stereocenters. The van der Waals surface area contributed by atoms with Crippen LogP contribution in [0.15, 0.2) is 53.4 Å². The summed E-state index contributed by atoms with van der Waals surface area (Å²) in [6.07, 6.45) is -0.306. The minimum atomic E-state index is -3.63. The van der Waals surface area contributed by atoms with E-state index >= 15 is 0 Å². The molecule has 0 aliphatic carbocycles. The van der Waals surface area contributed by atoms with Crippen molar-refractivity contribution in [3.63, 3.8) is 0 Å². The van der Waals surface area contributed by atoms with E-state index in [4.69, 9.17) is 4.74 Å². The fourth-order valence-corrected chi connectivity index (χ4v) is 5.15. The lowest BCUT2D eigenvalue weighted by Gasteiger charge is -2.34. The molecule has 1 aliphatic rings. The number of rotatable bonds is 5. The Bertz CT molecular complexity index is 961. The van der Waals surface area contributed by atoms with Crippen LogP contribution in [0.2, 0.25) is 0 Å². The van der Waals surface area contributed by atoms with Crippen LogP contribution in [0.5, 0.6) is 0 Å². The number of hydrogen-bond donors (Lipinski definition) is 1. The van der Waals surface area contributed by atoms with Crippen molar-refractivity contribution < 1.29 is 17.9 Å². The number of nitrogens with zero attached hydrogens (tertiary/aromatic N) is 1. The van der Waals surface area contributed by atoms with E-state index in [1.807, 2.05) is 38.1 Å². The fourth-order valence-electron chi connectivity index (χ4n) is 3.56. The quantitative estimate of drug-likeness (QED) is 0.803. The Labute approximate surface area is 172 Å². The second-order valence-electron chi connectivity index (χ2n) is 7.80. The van der Waals surface area contributed by atoms with Crippen molar-refractivity contribution in [3.8, 4) is 0 Å². The maximum Gasteiger partial charge on any atom is 0.255 e. The monoisotopic (exact) mass is 416 g/mol. The van der Waals surface area contributed by atoms with Gasteiger partial charge in [0.25, 0.3) is 5.91 Å². The summed E-state index contributed by atoms with van der Waals surface area (Å²) in [6.45, 7) is 8.50. The number of sulfonamides is 1. The number of hydrogen-bond acceptors (Lipinski definition) is 4. The van der Waals surface area contributed by atoms with Crippen LogP contribution < -0.4 is 5.32 Å². The highest BCUT2D eigenvalue weighted by Crippen LogP contribution is 2.25. The smallest absolute Gasteiger partial charge is 0.255 e. The number of nitrogens with one attached hydrogen (secondary N) is 1. The van der Waals surface area contributed by atoms with Crippen molar-refractivity contribution in [2.75, 3.05) is 18.4 Å². The van der Waals surface area contributed by atoms with Crippen LogP contribution in [0.3, 0.4) is 0 Å². The van der Waals surface area contributed by atoms with Gasteiger partial charge in [0, 0.05) is 24.3 Å². The van der Waals surface area contributed by atoms with Crippen molar-refractivity contribution in [1.82, 2.24) is 4.31 Å². The SMILES string of the molecule is CC1CN(S(=O)(=O)c2ccc(C(=O)Nc3ccccc3C(C)C)cc2)CC(C)O1. The maximum absolute atomic E-state index is 12.9. The Morgan fingerprint density at radius 2 is 1.62 bits per heavy atom. The largest absolute Gasteiger partial charge is 0.373 e. The summed E-state index contributed by atoms with van der Waals surface area (Å²) >= 11 is 0. The number of amides is 1. The molecule has 156 valence electrons. The lowest BCUT2D eigenvalue weighted by Crippen LogP contribution is -2.48. The lowest BCUT2D eigenvalue weighted by molar-refractivity contribution is -0.0440. The van der Waals surface area contributed by atoms with Gasteiger partial charge in [-0.15, -0.1) is 0 Å². The van der Waals surface area contributed by atoms with E-state index in [9.17, 15) is 13.2 Å². The van der Waals surface area contributed by atoms with Gasteiger partial charge in [0.1, 0.15) is 0 Å². The Morgan fingerprint density at radius 1 is 1.03 bits per heavy atom. The zero-order valence-corrected chi connectivity index (χ0v) is 18.1. The van der Waals surface area contributed by atoms with Crippen LogP contribution in [0, 0.1) is 0 Å². The molecule has 0 radical (unpaired) electrons. The Hall–Kier alpha value is -2.22. The molecule has 1 saturated heterocycles. The first-order chi connectivity index (χ1) is 13.7. The number of morpholine rings is 1. The van der Waals surface area contributed by atoms with Crippen molar-refractivity contribution in [1.29, 1.82) is 0 Å². The van der Waals surface area contributed by atoms with Crippen LogP contribution in [-0.2, 0) is 14.8 Å². The summed E-state index contributed by atoms with van der Waals surface area (Å²) < 4.78 is 32.9. The average Bonchev–Trinajstić information content (AvgIpc) is 2.67. The predicted molar refractivity (Wildman–Crippen MR) is 114 cm³/mol. The van der Waals surface area contributed by atoms with Crippen molar-refractivity contribution in [3.05, 3.63) is 59.7 Å². The molecule has 1 aliphatic heterocycles. The minimum Gasteiger partial charge on any atom is -0.373 e. The molecule has 3 rings (SSSR count). The van der Waals surface area contributed by atoms with Gasteiger partial charge in [-0.25, -0.2) is 8.42 Å². The molecule has 0 spiro atoms. The van der Waals surface area contributed by atoms with E-state index in [2.05, 4.69) is 19.2 Å². The number of carbonyl (C=O) groups excluding carboxylic acids is 1. The maximum atomic E-state index is 12.9. The number of carbonyl (C=O) groups is 1. The van der Waals surface area contributed by atoms with Gasteiger partial charge >= 0.3 is 0 Å². The first-order valence-electron chi connectivity index (χ1n) is 9.84. The van der Waals surface area contributed by atoms with Crippen LogP contribution in [0.1, 0.15) is 49.5 Å². The highest BCUT2D eigenvalue weighted by atomic mass is 32.2. The van der Waals surface area contributed by atoms with Gasteiger partial charge in [0.05, 0.1) is 17.1 Å². The third-order valence-electron chi connectivity index (χ3n) is 4.97. The zero-order chi connectivity index (χ0) is 21.2. The number of ether oxygens (including phenoxy) is 1. The van der Waals surface area contributed by atoms with Crippen molar-refractivity contribution >= 4 is 21.6 Å². The molecule has 1 fully saturated rings. The van der Waals surface area contributed by atoms with E-state index in [0.29, 0.717) is 18.7 Å². The van der Waals surface area contributed by atoms with Crippen molar-refractivity contribution in [2.24, 2.45) is 0 Å². The highest BCUT2D eigenvalue weighted by Gasteiger charge is 2.32. The van der Waals surface area contributed by atoms with E-state index in [1.54, 1.807) is 12.1 Å². The molecule has 7 heteroatoms. The van der Waals surface area contributed by atoms with Gasteiger partial charge in [-0.05, 0) is 55.7 Å². The van der Waals surface area contributed by atoms with Gasteiger partial charge in [-0.2, -0.15) is 4.31 Å². The third-order valence-corrected chi connectivity index (χ3v) is 6.82. The standard InChI is InChI=1S/C22H28N2O4S/c1-15(2)20-7-5-6-8-21(20)23-22(25)18-9-11-19(12-10-18)29(26,27)24-13-16(3)28-17(4)14-24/h5-12,15-17H,13-14H2,1-4H3,(H,23,25). The third kappa shape index (κ3) is 4.86. The van der Waals surface area contributed by atoms with E-state index in [0.717, 1.165) is 11.3 Å². The second-order valence-corrected chi connectivity index (χ2v) is 9.74. The molecule has 1 amide bonds. The molecule has 2 atom stereocenters. The summed E-state index contributed by atoms with van der Waals surface area (Å²) in [6, 6.07) is 13.8. The minimum absolute atomic E-state index is 0.153. The van der Waals surface area contributed by atoms with E-state index in [-0.39, 0.29) is 28.9 Å². The molecule has 1 heterocycles. The number of anilines is 1. The Morgan fingerprint density at radius 3 is 2.21 bits per heavy atom. The fraction of sp³-hybridized carbons (Fsp3) is 0.409. The normalized spacial score (nSPS) is 20.6. The molecule has 2 aromatic carbocycles. The van der Waals surface area contributed by atoms with Gasteiger partial charge in [-0.3, -0.25) is 4.79 Å². The van der Waals surface area contributed by atoms with Crippen LogP contribution in [0.4, 0.5) is 5.69 Å². The lowest BCUT2D eigenvalue weighted by atomic mass is 10.0. The van der Waals surface area contributed by atoms with Gasteiger partial charge in [0.2, 0.25) is 10.0 Å². The molecule has 29 heavy (non-hydrogen) atoms. The summed E-state index contributed by atoms with van der Waals surface area (Å²) in [5.74, 6) is 0.00740. The molecule has 6 nitrogen and oxygen atoms in total. The molecule has 0 aromatic heterocycles. The summed E-state index contributed by atoms with van der Waals surface area (Å²) in [5.41, 5.74) is 2.22. The van der Waals surface area contributed by atoms with E-state index in [1.165, 1.54) is 16.4 Å². The average molecular weight is 417 g/mol. The molecule has 0 bridgehead atoms. The first-order valence-corrected chi connectivity index (χ1v) is 11.3. The molecule has 0 saturated carbocycles. The van der Waals surface area contributed by atoms with Crippen LogP contribution in [0.25, 0.3) is 0 Å². The highest BCUT2D eigenvalue weighted by molar-refractivity contribution is 7.89. The van der Waals surface area contributed by atoms with E-state index < -0.39 is 10.0 Å². The summed E-state index contributed by atoms with van der Waals surface area (Å²) in [5, 5.41) is 2.93. The molecule has 1 N–H and O–H groups in total. The van der Waals surface area contributed by atoms with Crippen LogP contribution in [-0.4, -0.2) is 43.9 Å². The van der Waals surface area contributed by atoms with Gasteiger partial charge < -0.3 is 10.1 Å². The molecule has 2 aromatic rings. The number of para-hydroxylation sites is 1. The summed E-state index contributed by atoms with van der Waals surface area (Å²) in [7, 11) is -3.63. The van der Waals surface area contributed by atoms with Crippen molar-refractivity contribution in [2.45, 2.75) is 50.7 Å². The number of benzene rings is 2. The topological polar surface area (TPSA) is 75.7 Å². The summed E-state index contributed by atoms with van der Waals surface area (Å²) in [4.78, 5) is 12.8. The van der Waals surface area contributed by atoms with Crippen LogP contribution >= 0.6 is 0 Å². The molecular weight excluding hydrogens is 388 g/mol.